The van der Waals surface area contributed by atoms with E-state index in [0.29, 0.717) is 4.90 Å². The van der Waals surface area contributed by atoms with Crippen LogP contribution in [-0.2, 0) is 3.74 Å². The first-order valence-corrected chi connectivity index (χ1v) is 11.3. The molecule has 2 aliphatic rings. The van der Waals surface area contributed by atoms with Crippen LogP contribution in [0, 0.1) is 10.2 Å². The molecule has 0 saturated heterocycles. The molecule has 4 rings (SSSR count). The van der Waals surface area contributed by atoms with E-state index in [1.54, 1.807) is 29.3 Å². The highest BCUT2D eigenvalue weighted by Crippen LogP contribution is 2.43. The zero-order chi connectivity index (χ0) is 19.0. The van der Waals surface area contributed by atoms with E-state index in [1.807, 2.05) is 30.3 Å². The predicted molar refractivity (Wildman–Crippen MR) is 101 cm³/mol. The van der Waals surface area contributed by atoms with E-state index in [4.69, 9.17) is 0 Å². The molecular weight excluding hydrogens is 404 g/mol. The molecule has 4 nitrogen and oxygen atoms in total. The summed E-state index contributed by atoms with van der Waals surface area (Å²) in [4.78, 5) is 2.98. The summed E-state index contributed by atoms with van der Waals surface area (Å²) in [7, 11) is -5.72. The maximum absolute atomic E-state index is 11.0. The Morgan fingerprint density at radius 1 is 1.00 bits per heavy atom. The van der Waals surface area contributed by atoms with Gasteiger partial charge in [-0.3, -0.25) is 0 Å². The lowest BCUT2D eigenvalue weighted by molar-refractivity contribution is -1.91. The fourth-order valence-corrected chi connectivity index (χ4v) is 6.29. The van der Waals surface area contributed by atoms with Crippen molar-refractivity contribution >= 4 is 39.0 Å². The number of halogens is 1. The molecule has 0 amide bonds. The number of allylic oxidation sites excluding steroid dienone is 5. The quantitative estimate of drug-likeness (QED) is 0.715. The Bertz CT molecular complexity index is 1030. The molecule has 1 unspecified atom stereocenters. The first-order chi connectivity index (χ1) is 12.9. The maximum Gasteiger partial charge on any atom is 0.141 e. The summed E-state index contributed by atoms with van der Waals surface area (Å²) < 4.78 is 37.7. The zero-order valence-electron chi connectivity index (χ0n) is 14.3. The monoisotopic (exact) mass is 418 g/mol. The van der Waals surface area contributed by atoms with E-state index in [-0.39, 0.29) is 0 Å². The summed E-state index contributed by atoms with van der Waals surface area (Å²) in [6.07, 6.45) is 6.02. The van der Waals surface area contributed by atoms with Gasteiger partial charge in [0.15, 0.2) is 0 Å². The molecule has 0 aliphatic carbocycles. The summed E-state index contributed by atoms with van der Waals surface area (Å²) in [5.41, 5.74) is 4.24. The molecular formula is C20H15ClO4S2. The topological polar surface area (TPSA) is 78.4 Å². The fourth-order valence-electron chi connectivity index (χ4n) is 3.00. The molecule has 0 saturated carbocycles. The fraction of sp³-hybridized carbons (Fsp3) is 0.0500. The van der Waals surface area contributed by atoms with E-state index in [1.165, 1.54) is 16.0 Å². The Morgan fingerprint density at radius 2 is 1.70 bits per heavy atom. The van der Waals surface area contributed by atoms with E-state index in [2.05, 4.69) is 34.9 Å². The molecule has 27 heavy (non-hydrogen) atoms. The second kappa shape index (κ2) is 7.41. The highest BCUT2D eigenvalue weighted by atomic mass is 35.7. The lowest BCUT2D eigenvalue weighted by Gasteiger charge is -2.20. The van der Waals surface area contributed by atoms with E-state index >= 15 is 0 Å². The van der Waals surface area contributed by atoms with Gasteiger partial charge in [0.25, 0.3) is 0 Å². The molecule has 0 spiro atoms. The van der Waals surface area contributed by atoms with Crippen LogP contribution in [0.5, 0.6) is 0 Å². The minimum Gasteiger partial charge on any atom is -0.182 e. The lowest BCUT2D eigenvalue weighted by Crippen LogP contribution is -2.60. The third-order valence-corrected chi connectivity index (χ3v) is 7.51. The van der Waals surface area contributed by atoms with Crippen molar-refractivity contribution in [3.63, 3.8) is 0 Å². The van der Waals surface area contributed by atoms with Gasteiger partial charge in [-0.1, -0.05) is 48.2 Å². The molecule has 2 aliphatic heterocycles. The largest absolute Gasteiger partial charge is 0.182 e. The summed E-state index contributed by atoms with van der Waals surface area (Å²) in [5, 5.41) is 1.62. The summed E-state index contributed by atoms with van der Waals surface area (Å²) in [6.45, 7) is 2.09. The summed E-state index contributed by atoms with van der Waals surface area (Å²) >= 11 is 1.69. The van der Waals surface area contributed by atoms with Gasteiger partial charge in [0.05, 0.1) is 15.1 Å². The van der Waals surface area contributed by atoms with Gasteiger partial charge in [0, 0.05) is 15.2 Å². The van der Waals surface area contributed by atoms with Crippen LogP contribution < -0.4 is 14.0 Å². The average Bonchev–Trinajstić information content (AvgIpc) is 2.63. The Morgan fingerprint density at radius 3 is 2.48 bits per heavy atom. The first-order valence-electron chi connectivity index (χ1n) is 8.06. The summed E-state index contributed by atoms with van der Waals surface area (Å²) in [5.74, 6) is 0. The van der Waals surface area contributed by atoms with Crippen LogP contribution in [-0.4, -0.2) is 5.37 Å². The molecule has 138 valence electrons. The van der Waals surface area contributed by atoms with Gasteiger partial charge in [0.1, 0.15) is 14.5 Å². The van der Waals surface area contributed by atoms with Gasteiger partial charge in [0.2, 0.25) is 0 Å². The van der Waals surface area contributed by atoms with Crippen molar-refractivity contribution in [2.24, 2.45) is 0 Å². The average molecular weight is 419 g/mol. The Balaban J connectivity index is 1.73. The molecule has 0 radical (unpaired) electrons. The van der Waals surface area contributed by atoms with Crippen molar-refractivity contribution in [2.75, 3.05) is 0 Å². The van der Waals surface area contributed by atoms with Gasteiger partial charge >= 0.3 is 0 Å². The number of hydrogen-bond donors (Lipinski definition) is 0. The predicted octanol–water partition coefficient (Wildman–Crippen LogP) is 2.44. The summed E-state index contributed by atoms with van der Waals surface area (Å²) in [6, 6.07) is 15.6. The van der Waals surface area contributed by atoms with Gasteiger partial charge < -0.3 is 0 Å². The molecule has 0 fully saturated rings. The minimum atomic E-state index is -4.49. The van der Waals surface area contributed by atoms with Crippen molar-refractivity contribution in [3.05, 3.63) is 82.8 Å². The molecule has 2 aromatic rings. The molecule has 0 N–H and O–H groups in total. The second-order valence-electron chi connectivity index (χ2n) is 5.96. The van der Waals surface area contributed by atoms with E-state index in [9.17, 15) is 14.0 Å². The minimum absolute atomic E-state index is 0.681. The van der Waals surface area contributed by atoms with E-state index in [0.717, 1.165) is 16.0 Å². The molecule has 7 heteroatoms. The molecule has 2 heterocycles. The molecule has 1 atom stereocenters. The zero-order valence-corrected chi connectivity index (χ0v) is 16.6. The van der Waals surface area contributed by atoms with Crippen LogP contribution >= 0.6 is 22.5 Å². The highest BCUT2D eigenvalue weighted by Gasteiger charge is 2.27. The van der Waals surface area contributed by atoms with Crippen LogP contribution in [0.25, 0.3) is 11.1 Å². The van der Waals surface area contributed by atoms with Crippen LogP contribution in [0.1, 0.15) is 18.1 Å². The molecule has 2 aromatic carbocycles. The van der Waals surface area contributed by atoms with Gasteiger partial charge in [-0.25, -0.2) is 0 Å². The molecule has 0 aromatic heterocycles. The third kappa shape index (κ3) is 4.12. The number of fused-ring (bicyclic) bond motifs is 2. The SMILES string of the molecule is CC1=C/C(=C/C2=CC=S(O[Cl+3]([O-])([O-])[O-])c3ccccc32)Sc2ccccc21. The van der Waals surface area contributed by atoms with Crippen molar-refractivity contribution in [1.82, 2.24) is 0 Å². The Kier molecular flexibility index (Phi) is 5.13. The second-order valence-corrected chi connectivity index (χ2v) is 9.65. The first kappa shape index (κ1) is 18.7. The smallest absolute Gasteiger partial charge is 0.141 e. The third-order valence-electron chi connectivity index (χ3n) is 4.13. The Hall–Kier alpha value is -1.64. The number of thioether (sulfide) groups is 1. The van der Waals surface area contributed by atoms with Crippen molar-refractivity contribution in [3.8, 4) is 0 Å². The highest BCUT2D eigenvalue weighted by molar-refractivity contribution is 8.11. The molecule has 0 bridgehead atoms. The van der Waals surface area contributed by atoms with Crippen LogP contribution in [0.4, 0.5) is 0 Å². The normalized spacial score (nSPS) is 20.3. The maximum atomic E-state index is 11.0. The van der Waals surface area contributed by atoms with E-state index < -0.39 is 21.0 Å². The van der Waals surface area contributed by atoms with Crippen LogP contribution in [0.15, 0.2) is 81.5 Å². The van der Waals surface area contributed by atoms with Crippen LogP contribution in [0.3, 0.4) is 0 Å². The van der Waals surface area contributed by atoms with Crippen molar-refractivity contribution in [1.29, 1.82) is 0 Å². The van der Waals surface area contributed by atoms with Crippen molar-refractivity contribution in [2.45, 2.75) is 16.7 Å². The number of benzene rings is 2. The van der Waals surface area contributed by atoms with Crippen molar-refractivity contribution < 1.29 is 28.0 Å². The number of hydrogen-bond acceptors (Lipinski definition) is 5. The standard InChI is InChI=1S/C20H15ClO4S2/c1-14-12-16(26-19-8-4-2-6-17(14)19)13-15-10-11-27(25-21(22,23)24)20-9-5-3-7-18(15)20/h2-13H,1H3/b16-13-. The lowest BCUT2D eigenvalue weighted by atomic mass is 10.0. The van der Waals surface area contributed by atoms with Gasteiger partial charge in [-0.2, -0.15) is 14.0 Å². The Labute approximate surface area is 166 Å². The van der Waals surface area contributed by atoms with Gasteiger partial charge in [-0.15, -0.1) is 0 Å². The van der Waals surface area contributed by atoms with Gasteiger partial charge in [-0.05, 0) is 59.6 Å². The van der Waals surface area contributed by atoms with Crippen LogP contribution in [0.2, 0.25) is 0 Å². The number of rotatable bonds is 3.